The Bertz CT molecular complexity index is 1040. The van der Waals surface area contributed by atoms with E-state index in [1.807, 2.05) is 30.3 Å². The molecule has 152 valence electrons. The van der Waals surface area contributed by atoms with Crippen LogP contribution in [0, 0.1) is 17.3 Å². The first kappa shape index (κ1) is 19.7. The summed E-state index contributed by atoms with van der Waals surface area (Å²) in [5, 5.41) is 0. The van der Waals surface area contributed by atoms with Crippen LogP contribution in [0.15, 0.2) is 48.8 Å². The second-order valence-corrected chi connectivity index (χ2v) is 9.62. The van der Waals surface area contributed by atoms with E-state index >= 15 is 0 Å². The maximum atomic E-state index is 12.7. The summed E-state index contributed by atoms with van der Waals surface area (Å²) in [5.74, 6) is 2.43. The van der Waals surface area contributed by atoms with Gasteiger partial charge in [-0.15, -0.1) is 0 Å². The standard InChI is InChI=1S/C25H30N2O2/c1-16(2)19-12-10-17-14-18(11-13-20(17)23(19)25(3,4)5)29-24(28)27-15-26-21-8-6-7-9-22(21)27/h6-9,11,13-16,19,23H,10,12H2,1-5H3. The third-order valence-corrected chi connectivity index (χ3v) is 6.27. The number of benzene rings is 2. The summed E-state index contributed by atoms with van der Waals surface area (Å²) in [7, 11) is 0. The highest BCUT2D eigenvalue weighted by Gasteiger charge is 2.38. The van der Waals surface area contributed by atoms with Crippen molar-refractivity contribution in [3.63, 3.8) is 0 Å². The number of para-hydroxylation sites is 2. The van der Waals surface area contributed by atoms with Gasteiger partial charge in [0, 0.05) is 0 Å². The van der Waals surface area contributed by atoms with Crippen molar-refractivity contribution >= 4 is 17.1 Å². The minimum atomic E-state index is -0.429. The second kappa shape index (κ2) is 7.33. The minimum Gasteiger partial charge on any atom is -0.410 e. The van der Waals surface area contributed by atoms with Gasteiger partial charge in [-0.05, 0) is 71.4 Å². The highest BCUT2D eigenvalue weighted by Crippen LogP contribution is 2.50. The summed E-state index contributed by atoms with van der Waals surface area (Å²) >= 11 is 0. The van der Waals surface area contributed by atoms with Crippen LogP contribution in [0.4, 0.5) is 4.79 Å². The van der Waals surface area contributed by atoms with Crippen LogP contribution in [-0.2, 0) is 6.42 Å². The summed E-state index contributed by atoms with van der Waals surface area (Å²) < 4.78 is 7.17. The average Bonchev–Trinajstić information content (AvgIpc) is 3.10. The summed E-state index contributed by atoms with van der Waals surface area (Å²) in [6.45, 7) is 11.7. The zero-order valence-electron chi connectivity index (χ0n) is 18.0. The van der Waals surface area contributed by atoms with Gasteiger partial charge < -0.3 is 4.74 Å². The van der Waals surface area contributed by atoms with Crippen molar-refractivity contribution in [3.05, 3.63) is 59.9 Å². The number of ether oxygens (including phenoxy) is 1. The molecule has 29 heavy (non-hydrogen) atoms. The summed E-state index contributed by atoms with van der Waals surface area (Å²) in [5.41, 5.74) is 4.45. The number of hydrogen-bond acceptors (Lipinski definition) is 3. The van der Waals surface area contributed by atoms with Gasteiger partial charge in [0.25, 0.3) is 0 Å². The van der Waals surface area contributed by atoms with E-state index in [4.69, 9.17) is 4.74 Å². The van der Waals surface area contributed by atoms with Gasteiger partial charge in [0.15, 0.2) is 0 Å². The Morgan fingerprint density at radius 1 is 1.17 bits per heavy atom. The molecule has 3 aromatic rings. The smallest absolute Gasteiger partial charge is 0.410 e. The van der Waals surface area contributed by atoms with Crippen LogP contribution < -0.4 is 4.74 Å². The van der Waals surface area contributed by atoms with Crippen LogP contribution in [0.25, 0.3) is 11.0 Å². The van der Waals surface area contributed by atoms with Crippen LogP contribution >= 0.6 is 0 Å². The van der Waals surface area contributed by atoms with Crippen LogP contribution in [0.2, 0.25) is 0 Å². The predicted molar refractivity (Wildman–Crippen MR) is 116 cm³/mol. The number of carbonyl (C=O) groups is 1. The molecule has 1 heterocycles. The van der Waals surface area contributed by atoms with Crippen LogP contribution in [-0.4, -0.2) is 15.6 Å². The second-order valence-electron chi connectivity index (χ2n) is 9.62. The number of imidazole rings is 1. The van der Waals surface area contributed by atoms with E-state index < -0.39 is 6.09 Å². The molecule has 0 N–H and O–H groups in total. The largest absolute Gasteiger partial charge is 0.425 e. The fraction of sp³-hybridized carbons (Fsp3) is 0.440. The van der Waals surface area contributed by atoms with Crippen molar-refractivity contribution in [3.8, 4) is 5.75 Å². The predicted octanol–water partition coefficient (Wildman–Crippen LogP) is 6.43. The molecule has 0 fully saturated rings. The molecule has 0 saturated carbocycles. The van der Waals surface area contributed by atoms with E-state index in [0.29, 0.717) is 23.5 Å². The Labute approximate surface area is 172 Å². The molecule has 0 aliphatic heterocycles. The van der Waals surface area contributed by atoms with Gasteiger partial charge in [0.2, 0.25) is 0 Å². The van der Waals surface area contributed by atoms with E-state index in [-0.39, 0.29) is 5.41 Å². The molecule has 4 rings (SSSR count). The molecule has 0 amide bonds. The zero-order chi connectivity index (χ0) is 20.8. The third-order valence-electron chi connectivity index (χ3n) is 6.27. The lowest BCUT2D eigenvalue weighted by molar-refractivity contribution is 0.169. The minimum absolute atomic E-state index is 0.192. The van der Waals surface area contributed by atoms with E-state index in [1.54, 1.807) is 0 Å². The third kappa shape index (κ3) is 3.68. The molecule has 0 spiro atoms. The van der Waals surface area contributed by atoms with Crippen LogP contribution in [0.5, 0.6) is 5.75 Å². The first-order valence-corrected chi connectivity index (χ1v) is 10.5. The Kier molecular flexibility index (Phi) is 4.97. The molecule has 4 nitrogen and oxygen atoms in total. The summed E-state index contributed by atoms with van der Waals surface area (Å²) in [6.07, 6.45) is 3.30. The molecule has 1 aliphatic carbocycles. The molecule has 2 aromatic carbocycles. The highest BCUT2D eigenvalue weighted by atomic mass is 16.6. The zero-order valence-corrected chi connectivity index (χ0v) is 18.0. The van der Waals surface area contributed by atoms with Gasteiger partial charge in [-0.25, -0.2) is 14.3 Å². The van der Waals surface area contributed by atoms with Gasteiger partial charge >= 0.3 is 6.09 Å². The van der Waals surface area contributed by atoms with E-state index in [1.165, 1.54) is 28.4 Å². The number of fused-ring (bicyclic) bond motifs is 2. The number of aromatic nitrogens is 2. The molecule has 0 radical (unpaired) electrons. The molecule has 1 aromatic heterocycles. The lowest BCUT2D eigenvalue weighted by Gasteiger charge is -2.44. The Morgan fingerprint density at radius 2 is 1.93 bits per heavy atom. The highest BCUT2D eigenvalue weighted by molar-refractivity contribution is 5.87. The van der Waals surface area contributed by atoms with Crippen molar-refractivity contribution in [1.29, 1.82) is 0 Å². The number of hydrogen-bond donors (Lipinski definition) is 0. The quantitative estimate of drug-likeness (QED) is 0.506. The van der Waals surface area contributed by atoms with Gasteiger partial charge in [-0.3, -0.25) is 0 Å². The Balaban J connectivity index is 1.62. The first-order chi connectivity index (χ1) is 13.8. The maximum Gasteiger partial charge on any atom is 0.425 e. The van der Waals surface area contributed by atoms with E-state index in [9.17, 15) is 4.79 Å². The molecule has 2 atom stereocenters. The fourth-order valence-electron chi connectivity index (χ4n) is 4.97. The number of nitrogens with zero attached hydrogens (tertiary/aromatic N) is 2. The molecule has 2 unspecified atom stereocenters. The number of aryl methyl sites for hydroxylation is 1. The van der Waals surface area contributed by atoms with Crippen molar-refractivity contribution in [2.45, 2.75) is 53.4 Å². The number of rotatable bonds is 2. The summed E-state index contributed by atoms with van der Waals surface area (Å²) in [6, 6.07) is 13.7. The van der Waals surface area contributed by atoms with Gasteiger partial charge in [0.1, 0.15) is 12.1 Å². The molecule has 4 heteroatoms. The topological polar surface area (TPSA) is 44.1 Å². The Morgan fingerprint density at radius 3 is 2.66 bits per heavy atom. The number of carbonyl (C=O) groups excluding carboxylic acids is 1. The maximum absolute atomic E-state index is 12.7. The summed E-state index contributed by atoms with van der Waals surface area (Å²) in [4.78, 5) is 17.0. The van der Waals surface area contributed by atoms with Gasteiger partial charge in [-0.2, -0.15) is 0 Å². The van der Waals surface area contributed by atoms with Crippen molar-refractivity contribution in [2.75, 3.05) is 0 Å². The SMILES string of the molecule is CC(C)C1CCc2cc(OC(=O)n3cnc4ccccc43)ccc2C1C(C)(C)C. The van der Waals surface area contributed by atoms with Crippen molar-refractivity contribution < 1.29 is 9.53 Å². The van der Waals surface area contributed by atoms with Crippen molar-refractivity contribution in [2.24, 2.45) is 17.3 Å². The molecule has 1 aliphatic rings. The lowest BCUT2D eigenvalue weighted by Crippen LogP contribution is -2.33. The average molecular weight is 391 g/mol. The van der Waals surface area contributed by atoms with Crippen LogP contribution in [0.3, 0.4) is 0 Å². The Hall–Kier alpha value is -2.62. The van der Waals surface area contributed by atoms with E-state index in [0.717, 1.165) is 17.5 Å². The lowest BCUT2D eigenvalue weighted by atomic mass is 9.61. The van der Waals surface area contributed by atoms with Crippen LogP contribution in [0.1, 0.15) is 58.1 Å². The monoisotopic (exact) mass is 390 g/mol. The molecule has 0 saturated heterocycles. The van der Waals surface area contributed by atoms with E-state index in [2.05, 4.69) is 51.7 Å². The molecular formula is C25H30N2O2. The molecular weight excluding hydrogens is 360 g/mol. The van der Waals surface area contributed by atoms with Gasteiger partial charge in [0.05, 0.1) is 11.0 Å². The molecule has 0 bridgehead atoms. The van der Waals surface area contributed by atoms with Gasteiger partial charge in [-0.1, -0.05) is 52.8 Å². The first-order valence-electron chi connectivity index (χ1n) is 10.5. The fourth-order valence-corrected chi connectivity index (χ4v) is 4.97. The normalized spacial score (nSPS) is 19.4. The van der Waals surface area contributed by atoms with Crippen molar-refractivity contribution in [1.82, 2.24) is 9.55 Å².